The molecule has 0 unspecified atom stereocenters. The predicted molar refractivity (Wildman–Crippen MR) is 75.3 cm³/mol. The van der Waals surface area contributed by atoms with Crippen molar-refractivity contribution in [2.45, 2.75) is 19.6 Å². The van der Waals surface area contributed by atoms with Crippen LogP contribution in [0.4, 0.5) is 0 Å². The van der Waals surface area contributed by atoms with Crippen LogP contribution in [-0.2, 0) is 10.5 Å². The molecule has 1 aromatic rings. The summed E-state index contributed by atoms with van der Waals surface area (Å²) < 4.78 is 0. The third-order valence-corrected chi connectivity index (χ3v) is 3.42. The third-order valence-electron chi connectivity index (χ3n) is 2.44. The highest BCUT2D eigenvalue weighted by atomic mass is 32.2. The van der Waals surface area contributed by atoms with Gasteiger partial charge in [-0.25, -0.2) is 0 Å². The fourth-order valence-corrected chi connectivity index (χ4v) is 2.37. The molecule has 1 amide bonds. The van der Waals surface area contributed by atoms with E-state index in [1.807, 2.05) is 0 Å². The smallest absolute Gasteiger partial charge is 0.230 e. The summed E-state index contributed by atoms with van der Waals surface area (Å²) in [6, 6.07) is 6.42. The quantitative estimate of drug-likeness (QED) is 0.785. The minimum Gasteiger partial charge on any atom is -0.352 e. The minimum atomic E-state index is 0.0696. The molecule has 0 aliphatic carbocycles. The van der Waals surface area contributed by atoms with Gasteiger partial charge in [-0.1, -0.05) is 29.8 Å². The Balaban J connectivity index is 2.37. The van der Waals surface area contributed by atoms with Gasteiger partial charge in [0.15, 0.2) is 0 Å². The molecule has 0 atom stereocenters. The molecule has 17 heavy (non-hydrogen) atoms. The number of thioether (sulfide) groups is 1. The van der Waals surface area contributed by atoms with Crippen molar-refractivity contribution in [2.75, 3.05) is 12.3 Å². The second-order valence-corrected chi connectivity index (χ2v) is 5.00. The Morgan fingerprint density at radius 1 is 1.47 bits per heavy atom. The molecule has 0 spiro atoms. The van der Waals surface area contributed by atoms with Crippen LogP contribution in [0.3, 0.4) is 0 Å². The third kappa shape index (κ3) is 5.09. The van der Waals surface area contributed by atoms with E-state index in [2.05, 4.69) is 43.9 Å². The van der Waals surface area contributed by atoms with E-state index in [0.717, 1.165) is 5.75 Å². The number of aryl methyl sites for hydroxylation is 2. The first-order valence-corrected chi connectivity index (χ1v) is 6.80. The summed E-state index contributed by atoms with van der Waals surface area (Å²) in [6.45, 7) is 8.30. The van der Waals surface area contributed by atoms with Crippen molar-refractivity contribution in [3.8, 4) is 0 Å². The van der Waals surface area contributed by atoms with Gasteiger partial charge >= 0.3 is 0 Å². The van der Waals surface area contributed by atoms with Crippen molar-refractivity contribution in [1.29, 1.82) is 0 Å². The second-order valence-electron chi connectivity index (χ2n) is 4.02. The van der Waals surface area contributed by atoms with Crippen LogP contribution in [-0.4, -0.2) is 18.2 Å². The number of nitrogens with one attached hydrogen (secondary N) is 1. The molecule has 0 saturated heterocycles. The van der Waals surface area contributed by atoms with E-state index in [0.29, 0.717) is 12.3 Å². The van der Waals surface area contributed by atoms with Gasteiger partial charge in [-0.15, -0.1) is 18.3 Å². The highest BCUT2D eigenvalue weighted by Crippen LogP contribution is 2.17. The molecule has 0 bridgehead atoms. The zero-order valence-corrected chi connectivity index (χ0v) is 11.3. The molecule has 0 aliphatic rings. The number of hydrogen-bond donors (Lipinski definition) is 1. The lowest BCUT2D eigenvalue weighted by molar-refractivity contribution is -0.118. The van der Waals surface area contributed by atoms with Gasteiger partial charge < -0.3 is 5.32 Å². The van der Waals surface area contributed by atoms with Gasteiger partial charge in [-0.2, -0.15) is 0 Å². The largest absolute Gasteiger partial charge is 0.352 e. The summed E-state index contributed by atoms with van der Waals surface area (Å²) in [6.07, 6.45) is 1.69. The monoisotopic (exact) mass is 249 g/mol. The summed E-state index contributed by atoms with van der Waals surface area (Å²) in [5.74, 6) is 1.45. The molecular weight excluding hydrogens is 230 g/mol. The zero-order valence-electron chi connectivity index (χ0n) is 10.5. The van der Waals surface area contributed by atoms with Gasteiger partial charge in [0.2, 0.25) is 5.91 Å². The lowest BCUT2D eigenvalue weighted by Crippen LogP contribution is -2.24. The molecule has 2 nitrogen and oxygen atoms in total. The number of carbonyl (C=O) groups is 1. The molecule has 92 valence electrons. The number of benzene rings is 1. The number of carbonyl (C=O) groups excluding carboxylic acids is 1. The maximum Gasteiger partial charge on any atom is 0.230 e. The Morgan fingerprint density at radius 2 is 2.24 bits per heavy atom. The van der Waals surface area contributed by atoms with Gasteiger partial charge in [0.05, 0.1) is 5.75 Å². The van der Waals surface area contributed by atoms with Crippen LogP contribution in [0.15, 0.2) is 30.9 Å². The second kappa shape index (κ2) is 7.17. The number of amides is 1. The number of hydrogen-bond acceptors (Lipinski definition) is 2. The van der Waals surface area contributed by atoms with Gasteiger partial charge in [0.1, 0.15) is 0 Å². The van der Waals surface area contributed by atoms with Crippen LogP contribution < -0.4 is 5.32 Å². The molecule has 3 heteroatoms. The molecule has 0 saturated carbocycles. The van der Waals surface area contributed by atoms with E-state index >= 15 is 0 Å². The van der Waals surface area contributed by atoms with Crippen molar-refractivity contribution in [2.24, 2.45) is 0 Å². The Morgan fingerprint density at radius 3 is 2.94 bits per heavy atom. The first kappa shape index (κ1) is 13.8. The van der Waals surface area contributed by atoms with Crippen LogP contribution in [0.2, 0.25) is 0 Å². The Bertz CT molecular complexity index is 401. The normalized spacial score (nSPS) is 10.0. The van der Waals surface area contributed by atoms with Crippen LogP contribution in [0.25, 0.3) is 0 Å². The number of rotatable bonds is 6. The average molecular weight is 249 g/mol. The first-order valence-electron chi connectivity index (χ1n) is 5.65. The van der Waals surface area contributed by atoms with E-state index < -0.39 is 0 Å². The summed E-state index contributed by atoms with van der Waals surface area (Å²) in [4.78, 5) is 11.4. The Kier molecular flexibility index (Phi) is 5.84. The molecule has 1 aromatic carbocycles. The molecule has 0 aliphatic heterocycles. The maximum absolute atomic E-state index is 11.4. The van der Waals surface area contributed by atoms with E-state index in [-0.39, 0.29) is 5.91 Å². The van der Waals surface area contributed by atoms with Crippen LogP contribution in [0, 0.1) is 13.8 Å². The molecule has 1 rings (SSSR count). The summed E-state index contributed by atoms with van der Waals surface area (Å²) in [5, 5.41) is 2.77. The van der Waals surface area contributed by atoms with E-state index in [1.165, 1.54) is 16.7 Å². The fourth-order valence-electron chi connectivity index (χ4n) is 1.45. The molecular formula is C14H19NOS. The topological polar surface area (TPSA) is 29.1 Å². The minimum absolute atomic E-state index is 0.0696. The first-order chi connectivity index (χ1) is 8.13. The molecule has 0 fully saturated rings. The van der Waals surface area contributed by atoms with Crippen molar-refractivity contribution in [3.05, 3.63) is 47.5 Å². The highest BCUT2D eigenvalue weighted by Gasteiger charge is 2.02. The summed E-state index contributed by atoms with van der Waals surface area (Å²) >= 11 is 1.64. The van der Waals surface area contributed by atoms with Crippen LogP contribution >= 0.6 is 11.8 Å². The van der Waals surface area contributed by atoms with Crippen molar-refractivity contribution in [1.82, 2.24) is 5.32 Å². The van der Waals surface area contributed by atoms with E-state index in [1.54, 1.807) is 17.8 Å². The predicted octanol–water partition coefficient (Wildman–Crippen LogP) is 2.84. The van der Waals surface area contributed by atoms with Gasteiger partial charge in [0.25, 0.3) is 0 Å². The molecule has 1 N–H and O–H groups in total. The molecule has 0 heterocycles. The SMILES string of the molecule is C=CCNC(=O)CSCc1cc(C)ccc1C. The molecule has 0 aromatic heterocycles. The van der Waals surface area contributed by atoms with Crippen molar-refractivity contribution in [3.63, 3.8) is 0 Å². The van der Waals surface area contributed by atoms with E-state index in [9.17, 15) is 4.79 Å². The fraction of sp³-hybridized carbons (Fsp3) is 0.357. The Labute approximate surface area is 107 Å². The van der Waals surface area contributed by atoms with Gasteiger partial charge in [-0.3, -0.25) is 4.79 Å². The molecule has 0 radical (unpaired) electrons. The maximum atomic E-state index is 11.4. The average Bonchev–Trinajstić information content (AvgIpc) is 2.31. The summed E-state index contributed by atoms with van der Waals surface area (Å²) in [5.41, 5.74) is 3.86. The summed E-state index contributed by atoms with van der Waals surface area (Å²) in [7, 11) is 0. The van der Waals surface area contributed by atoms with E-state index in [4.69, 9.17) is 0 Å². The van der Waals surface area contributed by atoms with Crippen LogP contribution in [0.1, 0.15) is 16.7 Å². The Hall–Kier alpha value is -1.22. The van der Waals surface area contributed by atoms with Crippen molar-refractivity contribution < 1.29 is 4.79 Å². The van der Waals surface area contributed by atoms with Gasteiger partial charge in [0, 0.05) is 12.3 Å². The van der Waals surface area contributed by atoms with Crippen molar-refractivity contribution >= 4 is 17.7 Å². The highest BCUT2D eigenvalue weighted by molar-refractivity contribution is 7.99. The zero-order chi connectivity index (χ0) is 12.7. The standard InChI is InChI=1S/C14H19NOS/c1-4-7-15-14(16)10-17-9-13-8-11(2)5-6-12(13)3/h4-6,8H,1,7,9-10H2,2-3H3,(H,15,16). The van der Waals surface area contributed by atoms with Crippen LogP contribution in [0.5, 0.6) is 0 Å². The lowest BCUT2D eigenvalue weighted by atomic mass is 10.1. The lowest BCUT2D eigenvalue weighted by Gasteiger charge is -2.07. The van der Waals surface area contributed by atoms with Gasteiger partial charge in [-0.05, 0) is 25.0 Å².